The number of carbonyl (C=O) groups is 1. The summed E-state index contributed by atoms with van der Waals surface area (Å²) in [6, 6.07) is 0.0253. The van der Waals surface area contributed by atoms with Crippen molar-refractivity contribution in [1.82, 2.24) is 10.4 Å². The molecule has 2 rings (SSSR count). The fraction of sp³-hybridized carbons (Fsp3) is 0.917. The Kier molecular flexibility index (Phi) is 3.50. The van der Waals surface area contributed by atoms with Gasteiger partial charge in [-0.2, -0.15) is 0 Å². The highest BCUT2D eigenvalue weighted by molar-refractivity contribution is 5.83. The Balaban J connectivity index is 1.91. The second-order valence-corrected chi connectivity index (χ2v) is 5.40. The number of nitrogens with one attached hydrogen (secondary N) is 1. The van der Waals surface area contributed by atoms with E-state index in [0.717, 1.165) is 32.4 Å². The molecular formula is C12H23N3O. The van der Waals surface area contributed by atoms with Crippen molar-refractivity contribution in [3.8, 4) is 0 Å². The maximum atomic E-state index is 12.2. The number of rotatable bonds is 2. The van der Waals surface area contributed by atoms with Gasteiger partial charge in [0.2, 0.25) is 5.91 Å². The molecule has 2 aliphatic rings. The van der Waals surface area contributed by atoms with Crippen LogP contribution in [0.5, 0.6) is 0 Å². The van der Waals surface area contributed by atoms with Crippen LogP contribution in [-0.4, -0.2) is 30.0 Å². The molecule has 3 N–H and O–H groups in total. The van der Waals surface area contributed by atoms with Crippen molar-refractivity contribution in [3.63, 3.8) is 0 Å². The van der Waals surface area contributed by atoms with Crippen LogP contribution >= 0.6 is 0 Å². The molecule has 1 saturated carbocycles. The van der Waals surface area contributed by atoms with Crippen LogP contribution in [-0.2, 0) is 4.79 Å². The van der Waals surface area contributed by atoms with Crippen molar-refractivity contribution < 1.29 is 4.79 Å². The van der Waals surface area contributed by atoms with E-state index in [1.807, 2.05) is 6.92 Å². The summed E-state index contributed by atoms with van der Waals surface area (Å²) in [6.45, 7) is 3.97. The van der Waals surface area contributed by atoms with Crippen molar-refractivity contribution in [2.45, 2.75) is 51.5 Å². The third kappa shape index (κ3) is 2.23. The first kappa shape index (κ1) is 11.9. The molecule has 2 fully saturated rings. The minimum absolute atomic E-state index is 0.0253. The Morgan fingerprint density at radius 1 is 1.31 bits per heavy atom. The maximum absolute atomic E-state index is 12.2. The summed E-state index contributed by atoms with van der Waals surface area (Å²) in [5.41, 5.74) is 8.74. The van der Waals surface area contributed by atoms with E-state index >= 15 is 0 Å². The zero-order valence-corrected chi connectivity index (χ0v) is 10.2. The van der Waals surface area contributed by atoms with Crippen LogP contribution in [0.3, 0.4) is 0 Å². The van der Waals surface area contributed by atoms with Crippen LogP contribution in [0.2, 0.25) is 0 Å². The van der Waals surface area contributed by atoms with Crippen LogP contribution in [0.1, 0.15) is 45.4 Å². The lowest BCUT2D eigenvalue weighted by molar-refractivity contribution is -0.136. The number of piperidine rings is 1. The molecule has 1 aliphatic heterocycles. The molecule has 0 radical (unpaired) electrons. The van der Waals surface area contributed by atoms with E-state index in [1.165, 1.54) is 19.3 Å². The number of hydrazine groups is 1. The third-order valence-corrected chi connectivity index (χ3v) is 4.16. The molecule has 0 aromatic rings. The average Bonchev–Trinajstić information content (AvgIpc) is 2.62. The van der Waals surface area contributed by atoms with Gasteiger partial charge in [0.05, 0.1) is 5.41 Å². The van der Waals surface area contributed by atoms with Gasteiger partial charge in [-0.1, -0.05) is 12.8 Å². The molecule has 0 bridgehead atoms. The van der Waals surface area contributed by atoms with Crippen molar-refractivity contribution in [2.75, 3.05) is 13.1 Å². The van der Waals surface area contributed by atoms with E-state index in [4.69, 9.17) is 5.73 Å². The van der Waals surface area contributed by atoms with Crippen LogP contribution < -0.4 is 11.2 Å². The van der Waals surface area contributed by atoms with Gasteiger partial charge in [-0.25, -0.2) is 5.01 Å². The average molecular weight is 225 g/mol. The SMILES string of the molecule is CC1(C(=O)NN2CCCCC2)CCCC1N. The molecule has 92 valence electrons. The lowest BCUT2D eigenvalue weighted by atomic mass is 9.84. The third-order valence-electron chi connectivity index (χ3n) is 4.16. The highest BCUT2D eigenvalue weighted by atomic mass is 16.2. The molecule has 1 aliphatic carbocycles. The number of nitrogens with zero attached hydrogens (tertiary/aromatic N) is 1. The van der Waals surface area contributed by atoms with Crippen molar-refractivity contribution in [2.24, 2.45) is 11.1 Å². The van der Waals surface area contributed by atoms with Gasteiger partial charge in [-0.05, 0) is 32.6 Å². The quantitative estimate of drug-likeness (QED) is 0.737. The zero-order valence-electron chi connectivity index (χ0n) is 10.2. The van der Waals surface area contributed by atoms with Gasteiger partial charge < -0.3 is 5.73 Å². The van der Waals surface area contributed by atoms with E-state index in [1.54, 1.807) is 0 Å². The molecular weight excluding hydrogens is 202 g/mol. The van der Waals surface area contributed by atoms with Gasteiger partial charge in [0.15, 0.2) is 0 Å². The first-order chi connectivity index (χ1) is 7.63. The molecule has 0 aromatic heterocycles. The van der Waals surface area contributed by atoms with E-state index < -0.39 is 0 Å². The molecule has 0 aromatic carbocycles. The Bertz CT molecular complexity index is 263. The summed E-state index contributed by atoms with van der Waals surface area (Å²) in [4.78, 5) is 12.2. The van der Waals surface area contributed by atoms with Gasteiger partial charge >= 0.3 is 0 Å². The minimum Gasteiger partial charge on any atom is -0.327 e. The monoisotopic (exact) mass is 225 g/mol. The fourth-order valence-electron chi connectivity index (χ4n) is 2.75. The Morgan fingerprint density at radius 3 is 2.56 bits per heavy atom. The van der Waals surface area contributed by atoms with Gasteiger partial charge in [-0.15, -0.1) is 0 Å². The highest BCUT2D eigenvalue weighted by Crippen LogP contribution is 2.36. The molecule has 2 unspecified atom stereocenters. The Hall–Kier alpha value is -0.610. The van der Waals surface area contributed by atoms with E-state index in [2.05, 4.69) is 10.4 Å². The van der Waals surface area contributed by atoms with Crippen LogP contribution in [0.15, 0.2) is 0 Å². The minimum atomic E-state index is -0.350. The summed E-state index contributed by atoms with van der Waals surface area (Å²) in [5, 5.41) is 2.06. The fourth-order valence-corrected chi connectivity index (χ4v) is 2.75. The van der Waals surface area contributed by atoms with E-state index in [9.17, 15) is 4.79 Å². The maximum Gasteiger partial charge on any atom is 0.241 e. The zero-order chi connectivity index (χ0) is 11.6. The molecule has 1 amide bonds. The summed E-state index contributed by atoms with van der Waals surface area (Å²) in [7, 11) is 0. The van der Waals surface area contributed by atoms with Crippen LogP contribution in [0.4, 0.5) is 0 Å². The van der Waals surface area contributed by atoms with Crippen molar-refractivity contribution >= 4 is 5.91 Å². The molecule has 1 heterocycles. The Labute approximate surface area is 97.5 Å². The second kappa shape index (κ2) is 4.72. The van der Waals surface area contributed by atoms with E-state index in [-0.39, 0.29) is 17.4 Å². The highest BCUT2D eigenvalue weighted by Gasteiger charge is 2.43. The van der Waals surface area contributed by atoms with Crippen LogP contribution in [0, 0.1) is 5.41 Å². The number of hydrogen-bond donors (Lipinski definition) is 2. The number of hydrogen-bond acceptors (Lipinski definition) is 3. The van der Waals surface area contributed by atoms with Crippen molar-refractivity contribution in [3.05, 3.63) is 0 Å². The summed E-state index contributed by atoms with van der Waals surface area (Å²) in [6.07, 6.45) is 6.62. The summed E-state index contributed by atoms with van der Waals surface area (Å²) >= 11 is 0. The van der Waals surface area contributed by atoms with Gasteiger partial charge in [0.1, 0.15) is 0 Å². The molecule has 4 heteroatoms. The Morgan fingerprint density at radius 2 is 2.00 bits per heavy atom. The largest absolute Gasteiger partial charge is 0.327 e. The standard InChI is InChI=1S/C12H23N3O/c1-12(7-5-6-10(12)13)11(16)14-15-8-3-2-4-9-15/h10H,2-9,13H2,1H3,(H,14,16). The first-order valence-corrected chi connectivity index (χ1v) is 6.44. The smallest absolute Gasteiger partial charge is 0.241 e. The van der Waals surface area contributed by atoms with Crippen molar-refractivity contribution in [1.29, 1.82) is 0 Å². The lowest BCUT2D eigenvalue weighted by Crippen LogP contribution is -2.54. The summed E-state index contributed by atoms with van der Waals surface area (Å²) in [5.74, 6) is 0.124. The topological polar surface area (TPSA) is 58.4 Å². The second-order valence-electron chi connectivity index (χ2n) is 5.40. The van der Waals surface area contributed by atoms with Gasteiger partial charge in [0, 0.05) is 19.1 Å². The van der Waals surface area contributed by atoms with E-state index in [0.29, 0.717) is 0 Å². The predicted octanol–water partition coefficient (Wildman–Crippen LogP) is 1.02. The summed E-state index contributed by atoms with van der Waals surface area (Å²) < 4.78 is 0. The molecule has 2 atom stereocenters. The number of amides is 1. The number of nitrogens with two attached hydrogens (primary N) is 1. The molecule has 4 nitrogen and oxygen atoms in total. The molecule has 16 heavy (non-hydrogen) atoms. The first-order valence-electron chi connectivity index (χ1n) is 6.44. The van der Waals surface area contributed by atoms with Crippen LogP contribution in [0.25, 0.3) is 0 Å². The molecule has 0 spiro atoms. The predicted molar refractivity (Wildman–Crippen MR) is 63.5 cm³/mol. The molecule has 1 saturated heterocycles. The number of carbonyl (C=O) groups excluding carboxylic acids is 1. The normalized spacial score (nSPS) is 36.2. The van der Waals surface area contributed by atoms with Gasteiger partial charge in [0.25, 0.3) is 0 Å². The van der Waals surface area contributed by atoms with Gasteiger partial charge in [-0.3, -0.25) is 10.2 Å². The lowest BCUT2D eigenvalue weighted by Gasteiger charge is -2.33.